The molecule has 8 heteroatoms. The second kappa shape index (κ2) is 3.56. The van der Waals surface area contributed by atoms with Crippen molar-refractivity contribution < 1.29 is 18.0 Å². The molecule has 5 nitrogen and oxygen atoms in total. The fraction of sp³-hybridized carbons (Fsp3) is 0.250. The molecule has 0 aliphatic carbocycles. The molecule has 0 saturated heterocycles. The largest absolute Gasteiger partial charge is 0.471 e. The molecule has 0 atom stereocenters. The van der Waals surface area contributed by atoms with Crippen molar-refractivity contribution in [3.05, 3.63) is 0 Å². The molecule has 3 N–H and O–H groups in total. The summed E-state index contributed by atoms with van der Waals surface area (Å²) in [6.45, 7) is 0. The lowest BCUT2D eigenvalue weighted by molar-refractivity contribution is -0.171. The summed E-state index contributed by atoms with van der Waals surface area (Å²) in [6, 6.07) is 0. The Morgan fingerprint density at radius 3 is 2.33 bits per heavy atom. The van der Waals surface area contributed by atoms with E-state index in [4.69, 9.17) is 10.7 Å². The van der Waals surface area contributed by atoms with Crippen LogP contribution in [-0.2, 0) is 4.79 Å². The monoisotopic (exact) mass is 180 g/mol. The van der Waals surface area contributed by atoms with Crippen LogP contribution < -0.4 is 10.6 Å². The normalized spacial score (nSPS) is 9.83. The molecule has 0 radical (unpaired) electrons. The van der Waals surface area contributed by atoms with Gasteiger partial charge in [0, 0.05) is 0 Å². The summed E-state index contributed by atoms with van der Waals surface area (Å²) in [6.07, 6.45) is -3.88. The number of nitrogens with zero attached hydrogens (tertiary/aromatic N) is 1. The first-order valence-electron chi connectivity index (χ1n) is 2.49. The SMILES string of the molecule is N#CNC(=N)NC(=O)C(F)(F)F. The number of halogens is 3. The van der Waals surface area contributed by atoms with Crippen molar-refractivity contribution in [3.8, 4) is 6.19 Å². The molecule has 0 fully saturated rings. The minimum Gasteiger partial charge on any atom is -0.288 e. The Bertz CT molecular complexity index is 240. The number of amides is 1. The molecule has 0 aliphatic heterocycles. The zero-order valence-corrected chi connectivity index (χ0v) is 5.49. The number of carbonyl (C=O) groups excluding carboxylic acids is 1. The number of rotatable bonds is 0. The number of nitriles is 1. The van der Waals surface area contributed by atoms with Gasteiger partial charge in [-0.1, -0.05) is 0 Å². The van der Waals surface area contributed by atoms with Crippen LogP contribution in [0.2, 0.25) is 0 Å². The maximum atomic E-state index is 11.4. The molecular formula is C4H3F3N4O. The predicted molar refractivity (Wildman–Crippen MR) is 30.7 cm³/mol. The fourth-order valence-corrected chi connectivity index (χ4v) is 0.272. The van der Waals surface area contributed by atoms with Gasteiger partial charge in [-0.25, -0.2) is 0 Å². The van der Waals surface area contributed by atoms with Crippen molar-refractivity contribution >= 4 is 11.9 Å². The van der Waals surface area contributed by atoms with Crippen LogP contribution in [0.25, 0.3) is 0 Å². The van der Waals surface area contributed by atoms with Crippen molar-refractivity contribution in [2.75, 3.05) is 0 Å². The minimum atomic E-state index is -5.05. The van der Waals surface area contributed by atoms with Gasteiger partial charge in [0.05, 0.1) is 0 Å². The van der Waals surface area contributed by atoms with Crippen molar-refractivity contribution in [2.45, 2.75) is 6.18 Å². The molecule has 0 bridgehead atoms. The Balaban J connectivity index is 4.05. The molecule has 0 heterocycles. The highest BCUT2D eigenvalue weighted by Gasteiger charge is 2.39. The van der Waals surface area contributed by atoms with Gasteiger partial charge in [0.15, 0.2) is 6.19 Å². The molecule has 0 rings (SSSR count). The number of hydrogen-bond acceptors (Lipinski definition) is 3. The van der Waals surface area contributed by atoms with E-state index in [1.54, 1.807) is 0 Å². The zero-order chi connectivity index (χ0) is 9.78. The summed E-state index contributed by atoms with van der Waals surface area (Å²) in [5, 5.41) is 17.0. The van der Waals surface area contributed by atoms with Crippen LogP contribution in [0, 0.1) is 16.9 Å². The lowest BCUT2D eigenvalue weighted by Crippen LogP contribution is -2.44. The average molecular weight is 180 g/mol. The number of nitrogens with one attached hydrogen (secondary N) is 3. The molecule has 1 amide bonds. The Morgan fingerprint density at radius 2 is 2.00 bits per heavy atom. The number of alkyl halides is 3. The van der Waals surface area contributed by atoms with Gasteiger partial charge < -0.3 is 0 Å². The highest BCUT2D eigenvalue weighted by atomic mass is 19.4. The first-order valence-corrected chi connectivity index (χ1v) is 2.49. The van der Waals surface area contributed by atoms with E-state index in [1.165, 1.54) is 11.5 Å². The summed E-state index contributed by atoms with van der Waals surface area (Å²) < 4.78 is 34.3. The van der Waals surface area contributed by atoms with Crippen molar-refractivity contribution in [1.29, 1.82) is 10.7 Å². The summed E-state index contributed by atoms with van der Waals surface area (Å²) >= 11 is 0. The first kappa shape index (κ1) is 10.2. The van der Waals surface area contributed by atoms with E-state index in [0.29, 0.717) is 0 Å². The maximum absolute atomic E-state index is 11.4. The van der Waals surface area contributed by atoms with Gasteiger partial charge in [-0.15, -0.1) is 0 Å². The van der Waals surface area contributed by atoms with Crippen molar-refractivity contribution in [3.63, 3.8) is 0 Å². The van der Waals surface area contributed by atoms with E-state index in [1.807, 2.05) is 0 Å². The molecule has 0 spiro atoms. The Hall–Kier alpha value is -1.78. The highest BCUT2D eigenvalue weighted by molar-refractivity contribution is 5.98. The zero-order valence-electron chi connectivity index (χ0n) is 5.49. The Morgan fingerprint density at radius 1 is 1.50 bits per heavy atom. The lowest BCUT2D eigenvalue weighted by atomic mass is 10.6. The molecule has 0 saturated carbocycles. The Labute approximate surface area is 64.7 Å². The molecule has 0 aromatic carbocycles. The summed E-state index contributed by atoms with van der Waals surface area (Å²) in [4.78, 5) is 10.0. The predicted octanol–water partition coefficient (Wildman–Crippen LogP) is -0.330. The standard InChI is InChI=1S/C4H3F3N4O/c5-4(6,7)2(12)11-3(9)10-1-8/h(H3,9,10,11,12). The molecule has 0 unspecified atom stereocenters. The van der Waals surface area contributed by atoms with Gasteiger partial charge in [0.2, 0.25) is 5.96 Å². The van der Waals surface area contributed by atoms with Gasteiger partial charge in [0.25, 0.3) is 0 Å². The van der Waals surface area contributed by atoms with Crippen LogP contribution in [0.15, 0.2) is 0 Å². The van der Waals surface area contributed by atoms with Gasteiger partial charge in [0.1, 0.15) is 0 Å². The number of carbonyl (C=O) groups is 1. The highest BCUT2D eigenvalue weighted by Crippen LogP contribution is 2.13. The van der Waals surface area contributed by atoms with E-state index in [0.717, 1.165) is 5.32 Å². The summed E-state index contributed by atoms with van der Waals surface area (Å²) in [5.74, 6) is -3.31. The van der Waals surface area contributed by atoms with Crippen LogP contribution >= 0.6 is 0 Å². The first-order chi connectivity index (χ1) is 5.38. The van der Waals surface area contributed by atoms with E-state index in [-0.39, 0.29) is 0 Å². The number of guanidine groups is 1. The van der Waals surface area contributed by atoms with Crippen LogP contribution in [-0.4, -0.2) is 18.0 Å². The molecule has 0 aromatic heterocycles. The molecule has 0 aliphatic rings. The molecular weight excluding hydrogens is 177 g/mol. The van der Waals surface area contributed by atoms with E-state index in [9.17, 15) is 18.0 Å². The summed E-state index contributed by atoms with van der Waals surface area (Å²) in [7, 11) is 0. The van der Waals surface area contributed by atoms with Gasteiger partial charge in [-0.05, 0) is 0 Å². The van der Waals surface area contributed by atoms with Gasteiger partial charge >= 0.3 is 12.1 Å². The second-order valence-electron chi connectivity index (χ2n) is 1.56. The Kier molecular flexibility index (Phi) is 3.04. The van der Waals surface area contributed by atoms with Gasteiger partial charge in [-0.2, -0.15) is 18.4 Å². The third-order valence-corrected chi connectivity index (χ3v) is 0.677. The van der Waals surface area contributed by atoms with E-state index in [2.05, 4.69) is 0 Å². The molecule has 66 valence electrons. The quantitative estimate of drug-likeness (QED) is 0.206. The van der Waals surface area contributed by atoms with Crippen LogP contribution in [0.3, 0.4) is 0 Å². The third kappa shape index (κ3) is 3.40. The van der Waals surface area contributed by atoms with Crippen LogP contribution in [0.5, 0.6) is 0 Å². The van der Waals surface area contributed by atoms with E-state index >= 15 is 0 Å². The molecule has 0 aromatic rings. The van der Waals surface area contributed by atoms with Crippen molar-refractivity contribution in [2.24, 2.45) is 0 Å². The van der Waals surface area contributed by atoms with Crippen LogP contribution in [0.1, 0.15) is 0 Å². The summed E-state index contributed by atoms with van der Waals surface area (Å²) in [5.41, 5.74) is 0. The van der Waals surface area contributed by atoms with Crippen LogP contribution in [0.4, 0.5) is 13.2 Å². The third-order valence-electron chi connectivity index (χ3n) is 0.677. The van der Waals surface area contributed by atoms with Crippen molar-refractivity contribution in [1.82, 2.24) is 10.6 Å². The number of hydrogen-bond donors (Lipinski definition) is 3. The average Bonchev–Trinajstić information content (AvgIpc) is 1.85. The van der Waals surface area contributed by atoms with E-state index < -0.39 is 18.0 Å². The fourth-order valence-electron chi connectivity index (χ4n) is 0.272. The van der Waals surface area contributed by atoms with Gasteiger partial charge in [-0.3, -0.25) is 20.8 Å². The molecule has 12 heavy (non-hydrogen) atoms. The lowest BCUT2D eigenvalue weighted by Gasteiger charge is -2.06. The minimum absolute atomic E-state index is 1.01. The smallest absolute Gasteiger partial charge is 0.288 e. The topological polar surface area (TPSA) is 88.8 Å². The second-order valence-corrected chi connectivity index (χ2v) is 1.56. The maximum Gasteiger partial charge on any atom is 0.471 e.